The third kappa shape index (κ3) is 4.01. The summed E-state index contributed by atoms with van der Waals surface area (Å²) in [5.74, 6) is 0.179. The molecule has 6 heteroatoms. The molecule has 0 saturated carbocycles. The highest BCUT2D eigenvalue weighted by molar-refractivity contribution is 9.11. The SMILES string of the molecule is Cc1cc(C(=O)N2CCN(Cc3ccc(Br)s3)CC2)c(C)n1C(C)C. The summed E-state index contributed by atoms with van der Waals surface area (Å²) in [6, 6.07) is 6.70. The summed E-state index contributed by atoms with van der Waals surface area (Å²) in [7, 11) is 0. The third-order valence-electron chi connectivity index (χ3n) is 4.90. The van der Waals surface area contributed by atoms with Gasteiger partial charge in [-0.2, -0.15) is 0 Å². The average Bonchev–Trinajstić information content (AvgIpc) is 3.10. The van der Waals surface area contributed by atoms with Crippen molar-refractivity contribution in [2.75, 3.05) is 26.2 Å². The van der Waals surface area contributed by atoms with Crippen molar-refractivity contribution >= 4 is 33.2 Å². The van der Waals surface area contributed by atoms with E-state index in [2.05, 4.69) is 65.2 Å². The summed E-state index contributed by atoms with van der Waals surface area (Å²) in [4.78, 5) is 18.8. The minimum atomic E-state index is 0.179. The number of carbonyl (C=O) groups excluding carboxylic acids is 1. The number of piperazine rings is 1. The fraction of sp³-hybridized carbons (Fsp3) is 0.526. The lowest BCUT2D eigenvalue weighted by atomic mass is 10.2. The Labute approximate surface area is 162 Å². The maximum atomic E-state index is 13.0. The van der Waals surface area contributed by atoms with Crippen molar-refractivity contribution in [3.05, 3.63) is 43.8 Å². The number of hydrogen-bond donors (Lipinski definition) is 0. The van der Waals surface area contributed by atoms with Crippen LogP contribution >= 0.6 is 27.3 Å². The molecule has 0 N–H and O–H groups in total. The van der Waals surface area contributed by atoms with Crippen LogP contribution in [0.25, 0.3) is 0 Å². The highest BCUT2D eigenvalue weighted by Crippen LogP contribution is 2.25. The lowest BCUT2D eigenvalue weighted by Crippen LogP contribution is -2.48. The molecule has 0 aliphatic carbocycles. The highest BCUT2D eigenvalue weighted by atomic mass is 79.9. The Kier molecular flexibility index (Phi) is 5.71. The zero-order chi connectivity index (χ0) is 18.1. The van der Waals surface area contributed by atoms with E-state index in [0.717, 1.165) is 49.7 Å². The second-order valence-electron chi connectivity index (χ2n) is 7.02. The standard InChI is InChI=1S/C19H26BrN3OS/c1-13(2)23-14(3)11-17(15(23)4)19(24)22-9-7-21(8-10-22)12-16-5-6-18(20)25-16/h5-6,11,13H,7-10,12H2,1-4H3. The predicted molar refractivity (Wildman–Crippen MR) is 107 cm³/mol. The number of rotatable bonds is 4. The Morgan fingerprint density at radius 3 is 2.40 bits per heavy atom. The van der Waals surface area contributed by atoms with E-state index in [-0.39, 0.29) is 5.91 Å². The number of halogens is 1. The first-order valence-electron chi connectivity index (χ1n) is 8.81. The fourth-order valence-corrected chi connectivity index (χ4v) is 5.25. The number of thiophene rings is 1. The van der Waals surface area contributed by atoms with Crippen LogP contribution in [0.3, 0.4) is 0 Å². The predicted octanol–water partition coefficient (Wildman–Crippen LogP) is 4.47. The molecule has 0 aromatic carbocycles. The molecule has 2 aromatic rings. The van der Waals surface area contributed by atoms with Gasteiger partial charge in [-0.15, -0.1) is 11.3 Å². The second-order valence-corrected chi connectivity index (χ2v) is 9.57. The van der Waals surface area contributed by atoms with Crippen LogP contribution in [-0.2, 0) is 6.54 Å². The van der Waals surface area contributed by atoms with E-state index in [0.29, 0.717) is 6.04 Å². The monoisotopic (exact) mass is 423 g/mol. The smallest absolute Gasteiger partial charge is 0.255 e. The van der Waals surface area contributed by atoms with Crippen LogP contribution in [0.4, 0.5) is 0 Å². The van der Waals surface area contributed by atoms with E-state index in [1.54, 1.807) is 11.3 Å². The third-order valence-corrected chi connectivity index (χ3v) is 6.51. The second kappa shape index (κ2) is 7.64. The van der Waals surface area contributed by atoms with Crippen LogP contribution in [0.15, 0.2) is 22.0 Å². The van der Waals surface area contributed by atoms with Crippen molar-refractivity contribution in [2.24, 2.45) is 0 Å². The molecule has 1 saturated heterocycles. The molecule has 0 unspecified atom stereocenters. The van der Waals surface area contributed by atoms with Crippen molar-refractivity contribution < 1.29 is 4.79 Å². The molecule has 1 aliphatic heterocycles. The molecule has 3 heterocycles. The lowest BCUT2D eigenvalue weighted by molar-refractivity contribution is 0.0629. The molecule has 0 bridgehead atoms. The van der Waals surface area contributed by atoms with Gasteiger partial charge in [0.1, 0.15) is 0 Å². The number of aromatic nitrogens is 1. The van der Waals surface area contributed by atoms with Crippen molar-refractivity contribution in [2.45, 2.75) is 40.3 Å². The van der Waals surface area contributed by atoms with Gasteiger partial charge in [0, 0.05) is 55.0 Å². The molecule has 1 aliphatic rings. The molecule has 136 valence electrons. The molecule has 0 atom stereocenters. The van der Waals surface area contributed by atoms with Crippen molar-refractivity contribution in [3.63, 3.8) is 0 Å². The molecule has 0 radical (unpaired) electrons. The molecule has 1 fully saturated rings. The number of hydrogen-bond acceptors (Lipinski definition) is 3. The highest BCUT2D eigenvalue weighted by Gasteiger charge is 2.25. The first kappa shape index (κ1) is 18.7. The van der Waals surface area contributed by atoms with Crippen LogP contribution in [0.5, 0.6) is 0 Å². The Bertz CT molecular complexity index is 757. The summed E-state index contributed by atoms with van der Waals surface area (Å²) >= 11 is 5.31. The molecule has 1 amide bonds. The van der Waals surface area contributed by atoms with Gasteiger partial charge in [-0.3, -0.25) is 9.69 Å². The number of aryl methyl sites for hydroxylation is 1. The molecule has 3 rings (SSSR count). The van der Waals surface area contributed by atoms with E-state index >= 15 is 0 Å². The van der Waals surface area contributed by atoms with Gasteiger partial charge in [0.15, 0.2) is 0 Å². The van der Waals surface area contributed by atoms with Gasteiger partial charge >= 0.3 is 0 Å². The Hall–Kier alpha value is -1.11. The summed E-state index contributed by atoms with van der Waals surface area (Å²) in [5, 5.41) is 0. The van der Waals surface area contributed by atoms with Gasteiger partial charge < -0.3 is 9.47 Å². The minimum Gasteiger partial charge on any atom is -0.346 e. The van der Waals surface area contributed by atoms with E-state index in [1.807, 2.05) is 11.0 Å². The van der Waals surface area contributed by atoms with Crippen LogP contribution < -0.4 is 0 Å². The van der Waals surface area contributed by atoms with E-state index < -0.39 is 0 Å². The summed E-state index contributed by atoms with van der Waals surface area (Å²) in [6.07, 6.45) is 0. The Morgan fingerprint density at radius 1 is 1.20 bits per heavy atom. The molecule has 0 spiro atoms. The van der Waals surface area contributed by atoms with Gasteiger partial charge in [0.05, 0.1) is 9.35 Å². The largest absolute Gasteiger partial charge is 0.346 e. The maximum Gasteiger partial charge on any atom is 0.255 e. The molecule has 4 nitrogen and oxygen atoms in total. The average molecular weight is 424 g/mol. The van der Waals surface area contributed by atoms with Crippen LogP contribution in [0.1, 0.15) is 46.5 Å². The summed E-state index contributed by atoms with van der Waals surface area (Å²) in [6.45, 7) is 12.9. The zero-order valence-corrected chi connectivity index (χ0v) is 17.8. The number of carbonyl (C=O) groups is 1. The quantitative estimate of drug-likeness (QED) is 0.725. The van der Waals surface area contributed by atoms with Gasteiger partial charge in [-0.1, -0.05) is 0 Å². The molecular formula is C19H26BrN3OS. The zero-order valence-electron chi connectivity index (χ0n) is 15.4. The molecule has 25 heavy (non-hydrogen) atoms. The van der Waals surface area contributed by atoms with Crippen molar-refractivity contribution in [3.8, 4) is 0 Å². The van der Waals surface area contributed by atoms with Gasteiger partial charge in [0.2, 0.25) is 0 Å². The number of nitrogens with zero attached hydrogens (tertiary/aromatic N) is 3. The Morgan fingerprint density at radius 2 is 1.88 bits per heavy atom. The van der Waals surface area contributed by atoms with Crippen LogP contribution in [0.2, 0.25) is 0 Å². The van der Waals surface area contributed by atoms with E-state index in [9.17, 15) is 4.79 Å². The van der Waals surface area contributed by atoms with Crippen LogP contribution in [-0.4, -0.2) is 46.5 Å². The minimum absolute atomic E-state index is 0.179. The topological polar surface area (TPSA) is 28.5 Å². The van der Waals surface area contributed by atoms with Gasteiger partial charge in [0.25, 0.3) is 5.91 Å². The summed E-state index contributed by atoms with van der Waals surface area (Å²) < 4.78 is 3.43. The van der Waals surface area contributed by atoms with E-state index in [1.165, 1.54) is 8.66 Å². The van der Waals surface area contributed by atoms with Crippen molar-refractivity contribution in [1.29, 1.82) is 0 Å². The fourth-order valence-electron chi connectivity index (χ4n) is 3.72. The maximum absolute atomic E-state index is 13.0. The van der Waals surface area contributed by atoms with Gasteiger partial charge in [-0.05, 0) is 61.8 Å². The van der Waals surface area contributed by atoms with E-state index in [4.69, 9.17) is 0 Å². The van der Waals surface area contributed by atoms with Crippen LogP contribution in [0, 0.1) is 13.8 Å². The number of amides is 1. The first-order chi connectivity index (χ1) is 11.9. The molecule has 2 aromatic heterocycles. The van der Waals surface area contributed by atoms with Crippen molar-refractivity contribution in [1.82, 2.24) is 14.4 Å². The van der Waals surface area contributed by atoms with Gasteiger partial charge in [-0.25, -0.2) is 0 Å². The Balaban J connectivity index is 1.63. The summed E-state index contributed by atoms with van der Waals surface area (Å²) in [5.41, 5.74) is 3.11. The lowest BCUT2D eigenvalue weighted by Gasteiger charge is -2.34. The first-order valence-corrected chi connectivity index (χ1v) is 10.4. The molecular weight excluding hydrogens is 398 g/mol. The normalized spacial score (nSPS) is 16.0.